The zero-order valence-electron chi connectivity index (χ0n) is 16.9. The lowest BCUT2D eigenvalue weighted by Gasteiger charge is -2.40. The Morgan fingerprint density at radius 1 is 1.20 bits per heavy atom. The maximum absolute atomic E-state index is 13.9. The van der Waals surface area contributed by atoms with Gasteiger partial charge in [-0.05, 0) is 43.9 Å². The number of piperazine rings is 1. The van der Waals surface area contributed by atoms with Gasteiger partial charge in [-0.15, -0.1) is 4.31 Å². The monoisotopic (exact) mass is 456 g/mol. The topological polar surface area (TPSA) is 71.1 Å². The van der Waals surface area contributed by atoms with E-state index >= 15 is 0 Å². The molecule has 2 aliphatic heterocycles. The number of benzene rings is 1. The quantitative estimate of drug-likeness (QED) is 0.686. The van der Waals surface area contributed by atoms with Crippen molar-refractivity contribution in [3.05, 3.63) is 40.5 Å². The van der Waals surface area contributed by atoms with Crippen molar-refractivity contribution in [2.45, 2.75) is 31.8 Å². The number of rotatable bonds is 5. The summed E-state index contributed by atoms with van der Waals surface area (Å²) in [5.41, 5.74) is 4.22. The summed E-state index contributed by atoms with van der Waals surface area (Å²) in [6, 6.07) is 4.02. The first-order chi connectivity index (χ1) is 14.4. The van der Waals surface area contributed by atoms with E-state index in [4.69, 9.17) is 16.3 Å². The van der Waals surface area contributed by atoms with E-state index in [1.807, 2.05) is 4.31 Å². The van der Waals surface area contributed by atoms with Crippen LogP contribution in [0, 0.1) is 5.82 Å². The summed E-state index contributed by atoms with van der Waals surface area (Å²) >= 11 is 4.99. The molecule has 0 spiro atoms. The molecule has 1 aliphatic carbocycles. The molecule has 0 bridgehead atoms. The Hall–Kier alpha value is -1.52. The van der Waals surface area contributed by atoms with Gasteiger partial charge in [0.25, 0.3) is 0 Å². The molecule has 1 saturated heterocycles. The lowest BCUT2D eigenvalue weighted by molar-refractivity contribution is -0.121. The fraction of sp³-hybridized carbons (Fsp3) is 0.550. The number of hydrazine groups is 1. The Morgan fingerprint density at radius 3 is 2.53 bits per heavy atom. The molecular formula is C20H26ClFN4O3S. The Kier molecular flexibility index (Phi) is 6.74. The summed E-state index contributed by atoms with van der Waals surface area (Å²) in [6.45, 7) is 3.00. The van der Waals surface area contributed by atoms with Crippen molar-refractivity contribution in [2.75, 3.05) is 44.0 Å². The van der Waals surface area contributed by atoms with Gasteiger partial charge in [0.2, 0.25) is 5.76 Å². The molecule has 1 saturated carbocycles. The first kappa shape index (κ1) is 21.7. The van der Waals surface area contributed by atoms with Crippen molar-refractivity contribution < 1.29 is 18.5 Å². The van der Waals surface area contributed by atoms with Crippen LogP contribution < -0.4 is 10.4 Å². The summed E-state index contributed by atoms with van der Waals surface area (Å²) in [5.74, 6) is -0.553. The van der Waals surface area contributed by atoms with Crippen LogP contribution in [0.1, 0.15) is 25.7 Å². The van der Waals surface area contributed by atoms with Gasteiger partial charge in [-0.2, -0.15) is 0 Å². The van der Waals surface area contributed by atoms with Gasteiger partial charge in [0.05, 0.1) is 37.1 Å². The van der Waals surface area contributed by atoms with E-state index in [9.17, 15) is 13.7 Å². The zero-order valence-corrected chi connectivity index (χ0v) is 18.5. The van der Waals surface area contributed by atoms with Crippen LogP contribution in [0.2, 0.25) is 5.02 Å². The molecule has 1 aromatic carbocycles. The number of halogens is 2. The van der Waals surface area contributed by atoms with Gasteiger partial charge in [-0.1, -0.05) is 11.6 Å². The smallest absolute Gasteiger partial charge is 0.309 e. The normalized spacial score (nSPS) is 22.7. The third kappa shape index (κ3) is 4.70. The van der Waals surface area contributed by atoms with Gasteiger partial charge in [-0.3, -0.25) is 4.79 Å². The highest BCUT2D eigenvalue weighted by Gasteiger charge is 2.36. The Bertz CT molecular complexity index is 806. The molecule has 2 heterocycles. The number of carbonyl (C=O) groups is 1. The number of nitrogens with one attached hydrogen (secondary N) is 1. The molecule has 10 heteroatoms. The molecule has 1 N–H and O–H groups in total. The highest BCUT2D eigenvalue weighted by Crippen LogP contribution is 2.30. The first-order valence-electron chi connectivity index (χ1n) is 10.2. The second kappa shape index (κ2) is 9.32. The van der Waals surface area contributed by atoms with Gasteiger partial charge >= 0.3 is 5.91 Å². The SMILES string of the molecule is C[S+]([O-])N1CCN(C2=C(OC3CCCC3)C(=O)N(c3cc(F)cc(Cl)c3)NC2)CC1. The summed E-state index contributed by atoms with van der Waals surface area (Å²) < 4.78 is 33.8. The molecule has 1 atom stereocenters. The molecule has 1 aromatic rings. The first-order valence-corrected chi connectivity index (χ1v) is 12.1. The van der Waals surface area contributed by atoms with Crippen molar-refractivity contribution in [1.29, 1.82) is 0 Å². The minimum atomic E-state index is -1.01. The van der Waals surface area contributed by atoms with Gasteiger partial charge in [0.1, 0.15) is 12.1 Å². The van der Waals surface area contributed by atoms with Crippen LogP contribution in [-0.4, -0.2) is 64.7 Å². The van der Waals surface area contributed by atoms with Crippen molar-refractivity contribution >= 4 is 34.6 Å². The number of nitrogens with zero attached hydrogens (tertiary/aromatic N) is 3. The van der Waals surface area contributed by atoms with E-state index in [0.717, 1.165) is 31.4 Å². The van der Waals surface area contributed by atoms with E-state index in [2.05, 4.69) is 10.3 Å². The van der Waals surface area contributed by atoms with Crippen LogP contribution in [0.3, 0.4) is 0 Å². The van der Waals surface area contributed by atoms with Crippen LogP contribution in [-0.2, 0) is 20.9 Å². The molecular weight excluding hydrogens is 431 g/mol. The molecule has 4 rings (SSSR count). The molecule has 30 heavy (non-hydrogen) atoms. The predicted molar refractivity (Wildman–Crippen MR) is 114 cm³/mol. The third-order valence-corrected chi connectivity index (χ3v) is 7.05. The lowest BCUT2D eigenvalue weighted by atomic mass is 10.2. The summed E-state index contributed by atoms with van der Waals surface area (Å²) in [6.07, 6.45) is 5.71. The minimum absolute atomic E-state index is 0.0134. The van der Waals surface area contributed by atoms with Crippen molar-refractivity contribution in [2.24, 2.45) is 0 Å². The van der Waals surface area contributed by atoms with Crippen molar-refractivity contribution in [1.82, 2.24) is 14.6 Å². The van der Waals surface area contributed by atoms with E-state index in [1.54, 1.807) is 12.3 Å². The van der Waals surface area contributed by atoms with Gasteiger partial charge in [0, 0.05) is 29.5 Å². The predicted octanol–water partition coefficient (Wildman–Crippen LogP) is 2.41. The average Bonchev–Trinajstić information content (AvgIpc) is 3.22. The highest BCUT2D eigenvalue weighted by atomic mass is 35.5. The molecule has 2 fully saturated rings. The summed E-state index contributed by atoms with van der Waals surface area (Å²) in [7, 11) is 0. The van der Waals surface area contributed by atoms with Crippen molar-refractivity contribution in [3.8, 4) is 0 Å². The molecule has 0 radical (unpaired) electrons. The maximum atomic E-state index is 13.9. The van der Waals surface area contributed by atoms with E-state index in [-0.39, 0.29) is 17.0 Å². The van der Waals surface area contributed by atoms with Gasteiger partial charge in [0.15, 0.2) is 0 Å². The average molecular weight is 457 g/mol. The molecule has 164 valence electrons. The molecule has 1 unspecified atom stereocenters. The third-order valence-electron chi connectivity index (χ3n) is 5.74. The molecule has 1 amide bonds. The largest absolute Gasteiger partial charge is 0.598 e. The number of hydrogen-bond donors (Lipinski definition) is 1. The molecule has 7 nitrogen and oxygen atoms in total. The Labute approximate surface area is 184 Å². The number of hydrogen-bond acceptors (Lipinski definition) is 6. The van der Waals surface area contributed by atoms with Crippen LogP contribution >= 0.6 is 11.6 Å². The van der Waals surface area contributed by atoms with Crippen molar-refractivity contribution in [3.63, 3.8) is 0 Å². The minimum Gasteiger partial charge on any atom is -0.598 e. The van der Waals surface area contributed by atoms with Crippen LogP contribution in [0.25, 0.3) is 0 Å². The van der Waals surface area contributed by atoms with Crippen LogP contribution in [0.5, 0.6) is 0 Å². The van der Waals surface area contributed by atoms with E-state index in [1.165, 1.54) is 17.1 Å². The fourth-order valence-electron chi connectivity index (χ4n) is 4.17. The van der Waals surface area contributed by atoms with E-state index in [0.29, 0.717) is 44.2 Å². The Morgan fingerprint density at radius 2 is 1.90 bits per heavy atom. The summed E-state index contributed by atoms with van der Waals surface area (Å²) in [5, 5.41) is 1.52. The number of amides is 1. The molecule has 0 aromatic heterocycles. The zero-order chi connectivity index (χ0) is 21.3. The second-order valence-corrected chi connectivity index (χ2v) is 9.54. The Balaban J connectivity index is 1.60. The summed E-state index contributed by atoms with van der Waals surface area (Å²) in [4.78, 5) is 15.5. The van der Waals surface area contributed by atoms with Crippen LogP contribution in [0.15, 0.2) is 29.7 Å². The molecule has 3 aliphatic rings. The van der Waals surface area contributed by atoms with Crippen LogP contribution in [0.4, 0.5) is 10.1 Å². The number of anilines is 1. The lowest BCUT2D eigenvalue weighted by Crippen LogP contribution is -2.55. The van der Waals surface area contributed by atoms with E-state index < -0.39 is 17.2 Å². The highest BCUT2D eigenvalue weighted by molar-refractivity contribution is 7.88. The maximum Gasteiger partial charge on any atom is 0.309 e. The number of carbonyl (C=O) groups excluding carboxylic acids is 1. The fourth-order valence-corrected chi connectivity index (χ4v) is 5.06. The second-order valence-electron chi connectivity index (χ2n) is 7.74. The number of ether oxygens (including phenoxy) is 1. The van der Waals surface area contributed by atoms with Gasteiger partial charge in [-0.25, -0.2) is 14.8 Å². The standard InChI is InChI=1S/C20H26ClFN4O3S/c1-30(28)25-8-6-24(7-9-25)18-13-23-26(16-11-14(21)10-15(22)12-16)20(27)19(18)29-17-4-2-3-5-17/h10-12,17,23H,2-9,13H2,1H3. The van der Waals surface area contributed by atoms with Gasteiger partial charge < -0.3 is 14.2 Å².